The van der Waals surface area contributed by atoms with Gasteiger partial charge in [-0.2, -0.15) is 13.2 Å². The highest BCUT2D eigenvalue weighted by Crippen LogP contribution is 2.29. The summed E-state index contributed by atoms with van der Waals surface area (Å²) < 4.78 is 37.9. The molecule has 0 atom stereocenters. The molecule has 30 heavy (non-hydrogen) atoms. The van der Waals surface area contributed by atoms with Gasteiger partial charge >= 0.3 is 6.18 Å². The molecule has 2 aromatic carbocycles. The van der Waals surface area contributed by atoms with E-state index in [0.717, 1.165) is 12.1 Å². The number of halogens is 4. The third-order valence-corrected chi connectivity index (χ3v) is 4.19. The van der Waals surface area contributed by atoms with E-state index in [9.17, 15) is 23.1 Å². The Bertz CT molecular complexity index is 861. The minimum absolute atomic E-state index is 0. The number of rotatable bonds is 7. The summed E-state index contributed by atoms with van der Waals surface area (Å²) in [7, 11) is 7.46. The number of allylic oxidation sites excluding steroid dienone is 1. The van der Waals surface area contributed by atoms with Crippen molar-refractivity contribution in [2.75, 3.05) is 28.2 Å². The third-order valence-electron chi connectivity index (χ3n) is 4.19. The summed E-state index contributed by atoms with van der Waals surface area (Å²) in [6.45, 7) is 0.937. The average Bonchev–Trinajstić information content (AvgIpc) is 2.61. The second-order valence-electron chi connectivity index (χ2n) is 7.44. The molecule has 4 nitrogen and oxygen atoms in total. The largest absolute Gasteiger partial charge is 0.507 e. The van der Waals surface area contributed by atoms with Gasteiger partial charge in [-0.15, -0.1) is 12.4 Å². The lowest BCUT2D eigenvalue weighted by atomic mass is 9.99. The third kappa shape index (κ3) is 7.16. The highest BCUT2D eigenvalue weighted by Gasteiger charge is 2.29. The standard InChI is InChI=1S/C22H25F3N2O2.ClH/c1-26(2)13-17-11-16(12-18(21(17)29)14-27(3)4)20(28)10-7-15-5-8-19(9-6-15)22(23,24)25;/h5-12,29H,13-14H2,1-4H3;1H/b10-7+;. The zero-order valence-corrected chi connectivity index (χ0v) is 18.1. The van der Waals surface area contributed by atoms with E-state index in [1.807, 2.05) is 38.0 Å². The lowest BCUT2D eigenvalue weighted by Gasteiger charge is -2.17. The number of nitrogens with zero attached hydrogens (tertiary/aromatic N) is 2. The molecule has 1 N–H and O–H groups in total. The van der Waals surface area contributed by atoms with Gasteiger partial charge in [-0.3, -0.25) is 4.79 Å². The van der Waals surface area contributed by atoms with Crippen LogP contribution in [0.5, 0.6) is 5.75 Å². The molecule has 0 unspecified atom stereocenters. The second kappa shape index (κ2) is 10.6. The Morgan fingerprint density at radius 3 is 1.83 bits per heavy atom. The van der Waals surface area contributed by atoms with Gasteiger partial charge in [-0.25, -0.2) is 0 Å². The molecule has 0 spiro atoms. The molecule has 0 fully saturated rings. The van der Waals surface area contributed by atoms with Crippen LogP contribution in [0.25, 0.3) is 6.08 Å². The summed E-state index contributed by atoms with van der Waals surface area (Å²) in [5.74, 6) is -0.124. The molecule has 0 bridgehead atoms. The molecule has 0 amide bonds. The number of phenolic OH excluding ortho intramolecular Hbond substituents is 1. The lowest BCUT2D eigenvalue weighted by molar-refractivity contribution is -0.137. The Morgan fingerprint density at radius 2 is 1.43 bits per heavy atom. The van der Waals surface area contributed by atoms with Crippen LogP contribution in [-0.2, 0) is 19.3 Å². The van der Waals surface area contributed by atoms with Crippen LogP contribution >= 0.6 is 12.4 Å². The summed E-state index contributed by atoms with van der Waals surface area (Å²) in [6.07, 6.45) is -1.59. The van der Waals surface area contributed by atoms with Crippen molar-refractivity contribution in [1.29, 1.82) is 0 Å². The van der Waals surface area contributed by atoms with Crippen LogP contribution in [-0.4, -0.2) is 48.9 Å². The summed E-state index contributed by atoms with van der Waals surface area (Å²) >= 11 is 0. The molecule has 0 aliphatic carbocycles. The fourth-order valence-electron chi connectivity index (χ4n) is 2.88. The van der Waals surface area contributed by atoms with E-state index in [1.165, 1.54) is 24.3 Å². The molecule has 0 radical (unpaired) electrons. The normalized spacial score (nSPS) is 11.9. The van der Waals surface area contributed by atoms with E-state index in [-0.39, 0.29) is 23.9 Å². The fourth-order valence-corrected chi connectivity index (χ4v) is 2.88. The quantitative estimate of drug-likeness (QED) is 0.491. The van der Waals surface area contributed by atoms with Crippen molar-refractivity contribution in [3.63, 3.8) is 0 Å². The number of carbonyl (C=O) groups is 1. The van der Waals surface area contributed by atoms with Crippen LogP contribution in [0.15, 0.2) is 42.5 Å². The molecule has 2 rings (SSSR count). The molecule has 8 heteroatoms. The number of phenols is 1. The number of carbonyl (C=O) groups excluding carboxylic acids is 1. The minimum atomic E-state index is -4.39. The SMILES string of the molecule is CN(C)Cc1cc(C(=O)/C=C/c2ccc(C(F)(F)F)cc2)cc(CN(C)C)c1O.Cl. The molecular weight excluding hydrogens is 417 g/mol. The molecule has 164 valence electrons. The van der Waals surface area contributed by atoms with Crippen LogP contribution in [0.1, 0.15) is 32.6 Å². The maximum Gasteiger partial charge on any atom is 0.416 e. The lowest BCUT2D eigenvalue weighted by Crippen LogP contribution is -2.15. The van der Waals surface area contributed by atoms with Crippen molar-refractivity contribution >= 4 is 24.3 Å². The topological polar surface area (TPSA) is 43.8 Å². The maximum absolute atomic E-state index is 12.7. The number of hydrogen-bond donors (Lipinski definition) is 1. The van der Waals surface area contributed by atoms with E-state index in [4.69, 9.17) is 0 Å². The van der Waals surface area contributed by atoms with Gasteiger partial charge < -0.3 is 14.9 Å². The van der Waals surface area contributed by atoms with Crippen LogP contribution in [0.4, 0.5) is 13.2 Å². The van der Waals surface area contributed by atoms with E-state index < -0.39 is 11.7 Å². The Labute approximate surface area is 181 Å². The van der Waals surface area contributed by atoms with Crippen LogP contribution in [0.3, 0.4) is 0 Å². The Balaban J connectivity index is 0.00000450. The van der Waals surface area contributed by atoms with Crippen molar-refractivity contribution in [1.82, 2.24) is 9.80 Å². The van der Waals surface area contributed by atoms with Gasteiger partial charge in [0.2, 0.25) is 0 Å². The molecule has 0 aliphatic rings. The second-order valence-corrected chi connectivity index (χ2v) is 7.44. The monoisotopic (exact) mass is 442 g/mol. The van der Waals surface area contributed by atoms with Crippen LogP contribution < -0.4 is 0 Å². The van der Waals surface area contributed by atoms with Crippen LogP contribution in [0, 0.1) is 0 Å². The predicted molar refractivity (Wildman–Crippen MR) is 115 cm³/mol. The zero-order valence-electron chi connectivity index (χ0n) is 17.3. The number of benzene rings is 2. The van der Waals surface area contributed by atoms with Crippen molar-refractivity contribution in [2.24, 2.45) is 0 Å². The summed E-state index contributed by atoms with van der Waals surface area (Å²) in [5.41, 5.74) is 1.45. The Kier molecular flexibility index (Phi) is 9.09. The fraction of sp³-hybridized carbons (Fsp3) is 0.318. The predicted octanol–water partition coefficient (Wildman–Crippen LogP) is 4.85. The van der Waals surface area contributed by atoms with Gasteiger partial charge in [-0.1, -0.05) is 18.2 Å². The maximum atomic E-state index is 12.7. The first-order valence-electron chi connectivity index (χ1n) is 9.01. The number of aromatic hydroxyl groups is 1. The smallest absolute Gasteiger partial charge is 0.416 e. The highest BCUT2D eigenvalue weighted by atomic mass is 35.5. The van der Waals surface area contributed by atoms with Crippen molar-refractivity contribution in [3.05, 3.63) is 70.3 Å². The summed E-state index contributed by atoms with van der Waals surface area (Å²) in [6, 6.07) is 7.89. The van der Waals surface area contributed by atoms with Gasteiger partial charge in [0.05, 0.1) is 5.56 Å². The minimum Gasteiger partial charge on any atom is -0.507 e. The molecule has 0 aromatic heterocycles. The van der Waals surface area contributed by atoms with Crippen LogP contribution in [0.2, 0.25) is 0 Å². The first-order chi connectivity index (χ1) is 13.5. The van der Waals surface area contributed by atoms with Gasteiger partial charge in [0.15, 0.2) is 5.78 Å². The first-order valence-corrected chi connectivity index (χ1v) is 9.01. The van der Waals surface area contributed by atoms with E-state index in [0.29, 0.717) is 35.3 Å². The zero-order chi connectivity index (χ0) is 21.8. The van der Waals surface area contributed by atoms with Gasteiger partial charge in [0.25, 0.3) is 0 Å². The highest BCUT2D eigenvalue weighted by molar-refractivity contribution is 6.07. The summed E-state index contributed by atoms with van der Waals surface area (Å²) in [4.78, 5) is 16.4. The van der Waals surface area contributed by atoms with Gasteiger partial charge in [-0.05, 0) is 64.1 Å². The van der Waals surface area contributed by atoms with Crippen molar-refractivity contribution in [3.8, 4) is 5.75 Å². The number of hydrogen-bond acceptors (Lipinski definition) is 4. The Morgan fingerprint density at radius 1 is 0.967 bits per heavy atom. The Hall–Kier alpha value is -2.35. The summed E-state index contributed by atoms with van der Waals surface area (Å²) in [5, 5.41) is 10.5. The molecular formula is C22H26ClF3N2O2. The average molecular weight is 443 g/mol. The van der Waals surface area contributed by atoms with Crippen molar-refractivity contribution in [2.45, 2.75) is 19.3 Å². The van der Waals surface area contributed by atoms with Gasteiger partial charge in [0, 0.05) is 29.8 Å². The molecule has 0 aliphatic heterocycles. The number of alkyl halides is 3. The molecule has 0 saturated carbocycles. The van der Waals surface area contributed by atoms with E-state index >= 15 is 0 Å². The van der Waals surface area contributed by atoms with Crippen molar-refractivity contribution < 1.29 is 23.1 Å². The molecule has 0 saturated heterocycles. The van der Waals surface area contributed by atoms with Gasteiger partial charge in [0.1, 0.15) is 5.75 Å². The molecule has 2 aromatic rings. The molecule has 0 heterocycles. The van der Waals surface area contributed by atoms with E-state index in [2.05, 4.69) is 0 Å². The number of ketones is 1. The first kappa shape index (κ1) is 25.7. The van der Waals surface area contributed by atoms with E-state index in [1.54, 1.807) is 12.1 Å².